The Hall–Kier alpha value is -6.14. The summed E-state index contributed by atoms with van der Waals surface area (Å²) in [4.78, 5) is 14.9. The third-order valence-corrected chi connectivity index (χ3v) is 11.3. The van der Waals surface area contributed by atoms with Gasteiger partial charge in [0.05, 0.1) is 0 Å². The second-order valence-electron chi connectivity index (χ2n) is 14.7. The van der Waals surface area contributed by atoms with Crippen LogP contribution in [0, 0.1) is 0 Å². The zero-order chi connectivity index (χ0) is 42.6. The molecule has 0 N–H and O–H groups in total. The lowest BCUT2D eigenvalue weighted by Crippen LogP contribution is -2.48. The fraction of sp³-hybridized carbons (Fsp3) is 0. The SMILES string of the molecule is [B]c1c([B])c(-c2nc(-c3ccc(-c4ccccc4)cc3)nc(-c3ccc4c(c3)oc3ccccc34)n2)c([B])c(-c2c([B])c([B])c([B])c3oc4c([B])c([B])c([B])c([B])c4c23)c1[B]. The highest BCUT2D eigenvalue weighted by molar-refractivity contribution is 6.70. The molecule has 0 bridgehead atoms. The molecule has 0 aliphatic carbocycles. The molecule has 22 radical (unpaired) electrons. The van der Waals surface area contributed by atoms with E-state index in [2.05, 4.69) is 0 Å². The van der Waals surface area contributed by atoms with Gasteiger partial charge in [0.1, 0.15) is 109 Å². The molecule has 0 atom stereocenters. The van der Waals surface area contributed by atoms with Gasteiger partial charge in [-0.3, -0.25) is 0 Å². The maximum absolute atomic E-state index is 7.19. The molecule has 0 saturated carbocycles. The minimum Gasteiger partial charge on any atom is -0.457 e. The molecule has 0 fully saturated rings. The van der Waals surface area contributed by atoms with Gasteiger partial charge in [0.2, 0.25) is 0 Å². The number of hydrogen-bond acceptors (Lipinski definition) is 5. The molecule has 3 heterocycles. The van der Waals surface area contributed by atoms with Crippen LogP contribution in [0.25, 0.3) is 100 Å². The van der Waals surface area contributed by atoms with Crippen molar-refractivity contribution < 1.29 is 8.83 Å². The van der Waals surface area contributed by atoms with Gasteiger partial charge in [-0.15, -0.1) is 21.9 Å². The van der Waals surface area contributed by atoms with Crippen LogP contribution in [0.3, 0.4) is 0 Å². The summed E-state index contributed by atoms with van der Waals surface area (Å²) in [6.07, 6.45) is 0. The van der Waals surface area contributed by atoms with E-state index >= 15 is 0 Å². The van der Waals surface area contributed by atoms with Crippen molar-refractivity contribution in [3.05, 3.63) is 97.1 Å². The molecule has 0 saturated heterocycles. The van der Waals surface area contributed by atoms with Crippen LogP contribution in [0.4, 0.5) is 0 Å². The first-order valence-corrected chi connectivity index (χ1v) is 18.9. The van der Waals surface area contributed by atoms with Gasteiger partial charge >= 0.3 is 0 Å². The third kappa shape index (κ3) is 5.96. The van der Waals surface area contributed by atoms with E-state index in [1.165, 1.54) is 0 Å². The van der Waals surface area contributed by atoms with Crippen molar-refractivity contribution in [1.82, 2.24) is 15.0 Å². The molecule has 0 aliphatic heterocycles. The maximum Gasteiger partial charge on any atom is 0.164 e. The Morgan fingerprint density at radius 2 is 0.803 bits per heavy atom. The van der Waals surface area contributed by atoms with E-state index in [0.717, 1.165) is 27.5 Å². The van der Waals surface area contributed by atoms with E-state index in [1.54, 1.807) is 0 Å². The average Bonchev–Trinajstić information content (AvgIpc) is 3.87. The lowest BCUT2D eigenvalue weighted by molar-refractivity contribution is 0.669. The zero-order valence-electron chi connectivity index (χ0n) is 32.2. The van der Waals surface area contributed by atoms with Gasteiger partial charge in [0, 0.05) is 38.2 Å². The zero-order valence-corrected chi connectivity index (χ0v) is 32.2. The van der Waals surface area contributed by atoms with Crippen molar-refractivity contribution in [3.63, 3.8) is 0 Å². The molecular formula is C45H16B11N3O2. The molecule has 0 aliphatic rings. The van der Waals surface area contributed by atoms with Crippen LogP contribution in [0.1, 0.15) is 0 Å². The summed E-state index contributed by atoms with van der Waals surface area (Å²) in [5.74, 6) is 0.688. The molecule has 0 unspecified atom stereocenters. The van der Waals surface area contributed by atoms with E-state index in [0.29, 0.717) is 28.4 Å². The Balaban J connectivity index is 1.25. The van der Waals surface area contributed by atoms with Gasteiger partial charge in [0.15, 0.2) is 17.5 Å². The summed E-state index contributed by atoms with van der Waals surface area (Å²) >= 11 is 0. The summed E-state index contributed by atoms with van der Waals surface area (Å²) in [5.41, 5.74) is 5.44. The van der Waals surface area contributed by atoms with E-state index in [1.807, 2.05) is 97.1 Å². The first kappa shape index (κ1) is 39.0. The minimum atomic E-state index is -0.0365. The summed E-state index contributed by atoms with van der Waals surface area (Å²) < 4.78 is 12.5. The molecular weight excluding hydrogens is 733 g/mol. The second-order valence-corrected chi connectivity index (χ2v) is 14.7. The summed E-state index contributed by atoms with van der Waals surface area (Å²) in [5, 5.41) is 2.43. The first-order chi connectivity index (χ1) is 29.3. The van der Waals surface area contributed by atoms with Crippen LogP contribution >= 0.6 is 0 Å². The topological polar surface area (TPSA) is 65.0 Å². The summed E-state index contributed by atoms with van der Waals surface area (Å²) in [7, 11) is 73.0. The van der Waals surface area contributed by atoms with Gasteiger partial charge in [0.25, 0.3) is 0 Å². The van der Waals surface area contributed by atoms with Gasteiger partial charge in [-0.2, -0.15) is 0 Å². The standard InChI is InChI=1S/C45H16B11N3O2/c46-30-27(25-26-28-33(49)36(52)38(54)40(56)42(28)61-41(26)39(55)37(53)31(25)47)32(48)35(51)34(50)29(30)45-58-43(19-12-10-18(11-13-19)17-6-2-1-3-7-17)57-44(59-45)20-14-15-22-21-8-4-5-9-23(21)60-24(22)16-20/h1-16H. The van der Waals surface area contributed by atoms with Crippen molar-refractivity contribution >= 4 is 190 Å². The van der Waals surface area contributed by atoms with Crippen molar-refractivity contribution in [2.24, 2.45) is 0 Å². The van der Waals surface area contributed by atoms with Gasteiger partial charge in [-0.25, -0.2) is 15.0 Å². The third-order valence-electron chi connectivity index (χ3n) is 11.3. The Morgan fingerprint density at radius 3 is 1.52 bits per heavy atom. The molecule has 3 aromatic heterocycles. The Labute approximate surface area is 365 Å². The van der Waals surface area contributed by atoms with Crippen LogP contribution < -0.4 is 60.1 Å². The molecule has 0 amide bonds. The Bertz CT molecular complexity index is 3500. The predicted octanol–water partition coefficient (Wildman–Crippen LogP) is -1.26. The fourth-order valence-corrected chi connectivity index (χ4v) is 8.04. The lowest BCUT2D eigenvalue weighted by Gasteiger charge is -2.26. The van der Waals surface area contributed by atoms with Crippen molar-refractivity contribution in [1.29, 1.82) is 0 Å². The Kier molecular flexibility index (Phi) is 9.28. The van der Waals surface area contributed by atoms with Crippen LogP contribution in [-0.2, 0) is 0 Å². The first-order valence-electron chi connectivity index (χ1n) is 18.9. The highest BCUT2D eigenvalue weighted by Crippen LogP contribution is 2.34. The van der Waals surface area contributed by atoms with Crippen molar-refractivity contribution in [2.45, 2.75) is 0 Å². The number of hydrogen-bond donors (Lipinski definition) is 0. The van der Waals surface area contributed by atoms with Crippen LogP contribution in [0.15, 0.2) is 106 Å². The van der Waals surface area contributed by atoms with Crippen LogP contribution in [0.2, 0.25) is 0 Å². The fourth-order valence-electron chi connectivity index (χ4n) is 8.04. The molecule has 5 nitrogen and oxygen atoms in total. The molecule has 16 heteroatoms. The summed E-state index contributed by atoms with van der Waals surface area (Å²) in [6.45, 7) is 0. The van der Waals surface area contributed by atoms with E-state index < -0.39 is 0 Å². The van der Waals surface area contributed by atoms with Crippen molar-refractivity contribution in [2.75, 3.05) is 0 Å². The number of fused-ring (bicyclic) bond motifs is 6. The van der Waals surface area contributed by atoms with Gasteiger partial charge in [-0.05, 0) is 40.5 Å². The molecule has 10 aromatic rings. The van der Waals surface area contributed by atoms with Crippen molar-refractivity contribution in [3.8, 4) is 56.4 Å². The smallest absolute Gasteiger partial charge is 0.164 e. The number of furan rings is 2. The summed E-state index contributed by atoms with van der Waals surface area (Å²) in [6, 6.07) is 31.4. The Morgan fingerprint density at radius 1 is 0.311 bits per heavy atom. The monoisotopic (exact) mass is 751 g/mol. The predicted molar refractivity (Wildman–Crippen MR) is 261 cm³/mol. The molecule has 61 heavy (non-hydrogen) atoms. The quantitative estimate of drug-likeness (QED) is 0.206. The van der Waals surface area contributed by atoms with Crippen LogP contribution in [0.5, 0.6) is 0 Å². The van der Waals surface area contributed by atoms with E-state index in [4.69, 9.17) is 110 Å². The minimum absolute atomic E-state index is 0.000874. The molecule has 7 aromatic carbocycles. The molecule has 0 spiro atoms. The van der Waals surface area contributed by atoms with Gasteiger partial charge < -0.3 is 8.83 Å². The maximum atomic E-state index is 7.19. The molecule has 256 valence electrons. The van der Waals surface area contributed by atoms with Crippen LogP contribution in [-0.4, -0.2) is 101 Å². The normalized spacial score (nSPS) is 11.7. The number of rotatable bonds is 5. The highest BCUT2D eigenvalue weighted by atomic mass is 16.3. The number of nitrogens with zero attached hydrogens (tertiary/aromatic N) is 3. The van der Waals surface area contributed by atoms with Gasteiger partial charge in [-0.1, -0.05) is 117 Å². The molecule has 10 rings (SSSR count). The number of benzene rings is 7. The van der Waals surface area contributed by atoms with E-state index in [9.17, 15) is 0 Å². The largest absolute Gasteiger partial charge is 0.457 e. The lowest BCUT2D eigenvalue weighted by atomic mass is 9.60. The second kappa shape index (κ2) is 14.5. The highest BCUT2D eigenvalue weighted by Gasteiger charge is 2.27. The number of para-hydroxylation sites is 1. The van der Waals surface area contributed by atoms with E-state index in [-0.39, 0.29) is 105 Å². The number of aromatic nitrogens is 3. The average molecular weight is 750 g/mol.